The van der Waals surface area contributed by atoms with Gasteiger partial charge in [0.15, 0.2) is 0 Å². The van der Waals surface area contributed by atoms with E-state index in [1.807, 2.05) is 0 Å². The van der Waals surface area contributed by atoms with Crippen LogP contribution in [0, 0.1) is 0 Å². The molecule has 0 aliphatic rings. The van der Waals surface area contributed by atoms with Crippen LogP contribution in [0.4, 0.5) is 13.2 Å². The van der Waals surface area contributed by atoms with E-state index in [4.69, 9.17) is 5.73 Å². The van der Waals surface area contributed by atoms with Crippen molar-refractivity contribution in [2.24, 2.45) is 5.73 Å². The van der Waals surface area contributed by atoms with Gasteiger partial charge >= 0.3 is 6.36 Å². The molecule has 5 heteroatoms. The molecule has 0 spiro atoms. The van der Waals surface area contributed by atoms with Crippen LogP contribution >= 0.6 is 0 Å². The normalized spacial score (nSPS) is 12.5. The Labute approximate surface area is 123 Å². The predicted molar refractivity (Wildman–Crippen MR) is 78.1 cm³/mol. The summed E-state index contributed by atoms with van der Waals surface area (Å²) in [6, 6.07) is 6.03. The molecule has 2 N–H and O–H groups in total. The van der Waals surface area contributed by atoms with E-state index < -0.39 is 6.36 Å². The lowest BCUT2D eigenvalue weighted by atomic mass is 10.0. The van der Waals surface area contributed by atoms with Gasteiger partial charge in [-0.3, -0.25) is 0 Å². The van der Waals surface area contributed by atoms with Gasteiger partial charge in [-0.15, -0.1) is 13.2 Å². The van der Waals surface area contributed by atoms with E-state index in [1.54, 1.807) is 12.1 Å². The zero-order valence-corrected chi connectivity index (χ0v) is 12.2. The number of aryl methyl sites for hydroxylation is 1. The van der Waals surface area contributed by atoms with Crippen molar-refractivity contribution in [2.45, 2.75) is 45.4 Å². The predicted octanol–water partition coefficient (Wildman–Crippen LogP) is 4.59. The van der Waals surface area contributed by atoms with E-state index in [0.717, 1.165) is 37.7 Å². The van der Waals surface area contributed by atoms with E-state index in [1.165, 1.54) is 17.7 Å². The van der Waals surface area contributed by atoms with Crippen LogP contribution in [-0.2, 0) is 6.42 Å². The topological polar surface area (TPSA) is 35.2 Å². The molecule has 0 bridgehead atoms. The van der Waals surface area contributed by atoms with Gasteiger partial charge in [0.2, 0.25) is 0 Å². The number of halogens is 3. The quantitative estimate of drug-likeness (QED) is 0.713. The SMILES string of the molecule is CCC(=CCCc1ccc(OC(F)(F)F)cc1)CCCN. The Morgan fingerprint density at radius 2 is 1.90 bits per heavy atom. The fourth-order valence-corrected chi connectivity index (χ4v) is 2.05. The number of alkyl halides is 3. The fourth-order valence-electron chi connectivity index (χ4n) is 2.05. The molecular weight excluding hydrogens is 279 g/mol. The highest BCUT2D eigenvalue weighted by Gasteiger charge is 2.30. The van der Waals surface area contributed by atoms with Crippen molar-refractivity contribution in [1.82, 2.24) is 0 Å². The van der Waals surface area contributed by atoms with Crippen molar-refractivity contribution in [1.29, 1.82) is 0 Å². The first-order valence-electron chi connectivity index (χ1n) is 7.17. The summed E-state index contributed by atoms with van der Waals surface area (Å²) < 4.78 is 39.9. The lowest BCUT2D eigenvalue weighted by molar-refractivity contribution is -0.274. The monoisotopic (exact) mass is 301 g/mol. The highest BCUT2D eigenvalue weighted by atomic mass is 19.4. The van der Waals surface area contributed by atoms with Crippen LogP contribution in [0.1, 0.15) is 38.2 Å². The second-order valence-corrected chi connectivity index (χ2v) is 4.84. The van der Waals surface area contributed by atoms with Gasteiger partial charge < -0.3 is 10.5 Å². The van der Waals surface area contributed by atoms with Crippen LogP contribution < -0.4 is 10.5 Å². The van der Waals surface area contributed by atoms with E-state index >= 15 is 0 Å². The van der Waals surface area contributed by atoms with Crippen LogP contribution in [0.25, 0.3) is 0 Å². The zero-order chi connectivity index (χ0) is 15.7. The molecule has 0 saturated heterocycles. The molecule has 21 heavy (non-hydrogen) atoms. The fraction of sp³-hybridized carbons (Fsp3) is 0.500. The van der Waals surface area contributed by atoms with Crippen LogP contribution in [0.2, 0.25) is 0 Å². The smallest absolute Gasteiger partial charge is 0.406 e. The molecule has 0 unspecified atom stereocenters. The van der Waals surface area contributed by atoms with Crippen molar-refractivity contribution < 1.29 is 17.9 Å². The molecule has 1 aromatic carbocycles. The number of hydrogen-bond donors (Lipinski definition) is 1. The highest BCUT2D eigenvalue weighted by molar-refractivity contribution is 5.27. The Morgan fingerprint density at radius 1 is 1.24 bits per heavy atom. The third-order valence-electron chi connectivity index (χ3n) is 3.18. The summed E-state index contributed by atoms with van der Waals surface area (Å²) in [4.78, 5) is 0. The Hall–Kier alpha value is -1.49. The molecule has 0 heterocycles. The molecule has 0 aromatic heterocycles. The summed E-state index contributed by atoms with van der Waals surface area (Å²) in [5.41, 5.74) is 7.87. The van der Waals surface area contributed by atoms with Gasteiger partial charge in [-0.2, -0.15) is 0 Å². The lowest BCUT2D eigenvalue weighted by Crippen LogP contribution is -2.17. The Balaban J connectivity index is 2.47. The Bertz CT molecular complexity index is 438. The molecule has 0 amide bonds. The summed E-state index contributed by atoms with van der Waals surface area (Å²) >= 11 is 0. The van der Waals surface area contributed by atoms with Gasteiger partial charge in [0.25, 0.3) is 0 Å². The summed E-state index contributed by atoms with van der Waals surface area (Å²) in [5.74, 6) is -0.181. The van der Waals surface area contributed by atoms with Gasteiger partial charge in [0.1, 0.15) is 5.75 Å². The molecule has 0 fully saturated rings. The van der Waals surface area contributed by atoms with Gasteiger partial charge in [0, 0.05) is 0 Å². The molecule has 0 atom stereocenters. The Kier molecular flexibility index (Phi) is 7.29. The summed E-state index contributed by atoms with van der Waals surface area (Å²) in [6.45, 7) is 2.81. The molecular formula is C16H22F3NO. The first kappa shape index (κ1) is 17.6. The van der Waals surface area contributed by atoms with Gasteiger partial charge in [-0.25, -0.2) is 0 Å². The van der Waals surface area contributed by atoms with Crippen LogP contribution in [0.5, 0.6) is 5.75 Å². The number of ether oxygens (including phenoxy) is 1. The average molecular weight is 301 g/mol. The highest BCUT2D eigenvalue weighted by Crippen LogP contribution is 2.23. The Morgan fingerprint density at radius 3 is 2.43 bits per heavy atom. The lowest BCUT2D eigenvalue weighted by Gasteiger charge is -2.09. The molecule has 1 rings (SSSR count). The molecule has 2 nitrogen and oxygen atoms in total. The summed E-state index contributed by atoms with van der Waals surface area (Å²) in [7, 11) is 0. The van der Waals surface area contributed by atoms with Crippen LogP contribution in [0.3, 0.4) is 0 Å². The maximum Gasteiger partial charge on any atom is 0.573 e. The maximum absolute atomic E-state index is 12.0. The second-order valence-electron chi connectivity index (χ2n) is 4.84. The molecule has 0 aliphatic carbocycles. The standard InChI is InChI=1S/C16H22F3NO/c1-2-13(7-4-12-20)5-3-6-14-8-10-15(11-9-14)21-16(17,18)19/h5,8-11H,2-4,6-7,12,20H2,1H3. The largest absolute Gasteiger partial charge is 0.573 e. The van der Waals surface area contributed by atoms with Crippen LogP contribution in [0.15, 0.2) is 35.9 Å². The van der Waals surface area contributed by atoms with Crippen molar-refractivity contribution in [3.05, 3.63) is 41.5 Å². The van der Waals surface area contributed by atoms with Crippen molar-refractivity contribution in [3.8, 4) is 5.75 Å². The van der Waals surface area contributed by atoms with Crippen molar-refractivity contribution in [3.63, 3.8) is 0 Å². The van der Waals surface area contributed by atoms with Gasteiger partial charge in [0.05, 0.1) is 0 Å². The van der Waals surface area contributed by atoms with Crippen LogP contribution in [-0.4, -0.2) is 12.9 Å². The van der Waals surface area contributed by atoms with E-state index in [0.29, 0.717) is 6.54 Å². The van der Waals surface area contributed by atoms with Crippen molar-refractivity contribution >= 4 is 0 Å². The molecule has 1 aromatic rings. The van der Waals surface area contributed by atoms with Gasteiger partial charge in [-0.1, -0.05) is 30.7 Å². The van der Waals surface area contributed by atoms with E-state index in [2.05, 4.69) is 17.7 Å². The number of allylic oxidation sites excluding steroid dienone is 2. The molecule has 0 saturated carbocycles. The van der Waals surface area contributed by atoms with E-state index in [9.17, 15) is 13.2 Å². The average Bonchev–Trinajstić information content (AvgIpc) is 2.43. The number of benzene rings is 1. The zero-order valence-electron chi connectivity index (χ0n) is 12.2. The molecule has 0 aliphatic heterocycles. The third-order valence-corrected chi connectivity index (χ3v) is 3.18. The minimum Gasteiger partial charge on any atom is -0.406 e. The number of nitrogens with two attached hydrogens (primary N) is 1. The first-order chi connectivity index (χ1) is 9.94. The molecule has 0 radical (unpaired) electrons. The minimum absolute atomic E-state index is 0.181. The number of rotatable bonds is 8. The van der Waals surface area contributed by atoms with Crippen molar-refractivity contribution in [2.75, 3.05) is 6.54 Å². The summed E-state index contributed by atoms with van der Waals surface area (Å²) in [5, 5.41) is 0. The molecule has 118 valence electrons. The van der Waals surface area contributed by atoms with Gasteiger partial charge in [-0.05, 0) is 56.3 Å². The summed E-state index contributed by atoms with van der Waals surface area (Å²) in [6.07, 6.45) is 2.28. The number of hydrogen-bond acceptors (Lipinski definition) is 2. The maximum atomic E-state index is 12.0. The third kappa shape index (κ3) is 7.75. The first-order valence-corrected chi connectivity index (χ1v) is 7.17. The second kappa shape index (κ2) is 8.72. The minimum atomic E-state index is -4.64. The van der Waals surface area contributed by atoms with E-state index in [-0.39, 0.29) is 5.75 Å².